The molecule has 0 aliphatic carbocycles. The molecule has 2 heterocycles. The first-order valence-corrected chi connectivity index (χ1v) is 7.82. The molecule has 120 valence electrons. The van der Waals surface area contributed by atoms with Crippen LogP contribution < -0.4 is 5.59 Å². The summed E-state index contributed by atoms with van der Waals surface area (Å²) < 4.78 is 1.64. The van der Waals surface area contributed by atoms with E-state index < -0.39 is 0 Å². The number of hydrogen-bond donors (Lipinski definition) is 0. The van der Waals surface area contributed by atoms with Gasteiger partial charge in [0, 0.05) is 11.8 Å². The summed E-state index contributed by atoms with van der Waals surface area (Å²) in [4.78, 5) is 16.8. The van der Waals surface area contributed by atoms with Gasteiger partial charge in [-0.3, -0.25) is 9.78 Å². The van der Waals surface area contributed by atoms with Crippen LogP contribution >= 0.6 is 11.6 Å². The Balaban J connectivity index is 2.07. The molecule has 3 aromatic rings. The number of benzene rings is 1. The maximum Gasteiger partial charge on any atom is 0.198 e. The predicted octanol–water partition coefficient (Wildman–Crippen LogP) is 2.43. The Labute approximate surface area is 151 Å². The van der Waals surface area contributed by atoms with Crippen molar-refractivity contribution in [1.29, 1.82) is 5.26 Å². The normalized spacial score (nSPS) is 10.5. The predicted molar refractivity (Wildman–Crippen MR) is 95.8 cm³/mol. The highest BCUT2D eigenvalue weighted by molar-refractivity contribution is 6.32. The molecule has 0 aliphatic rings. The van der Waals surface area contributed by atoms with Gasteiger partial charge >= 0.3 is 0 Å². The number of aromatic nitrogens is 3. The second-order valence-corrected chi connectivity index (χ2v) is 5.94. The van der Waals surface area contributed by atoms with Gasteiger partial charge in [0.05, 0.1) is 33.2 Å². The Morgan fingerprint density at radius 3 is 2.64 bits per heavy atom. The third-order valence-corrected chi connectivity index (χ3v) is 4.20. The molecular formula is C18H12BClN4O. The van der Waals surface area contributed by atoms with Crippen molar-refractivity contribution in [1.82, 2.24) is 14.8 Å². The molecule has 0 atom stereocenters. The van der Waals surface area contributed by atoms with E-state index in [2.05, 4.69) is 10.1 Å². The van der Waals surface area contributed by atoms with Crippen molar-refractivity contribution < 1.29 is 4.79 Å². The molecule has 0 N–H and O–H groups in total. The summed E-state index contributed by atoms with van der Waals surface area (Å²) in [6.45, 7) is 3.58. The summed E-state index contributed by atoms with van der Waals surface area (Å²) in [5.74, 6) is -0.173. The second-order valence-electron chi connectivity index (χ2n) is 5.53. The Hall–Kier alpha value is -2.91. The fourth-order valence-electron chi connectivity index (χ4n) is 2.63. The number of aryl methyl sites for hydroxylation is 1. The third-order valence-electron chi connectivity index (χ3n) is 3.88. The minimum atomic E-state index is -0.173. The molecule has 7 heteroatoms. The van der Waals surface area contributed by atoms with Gasteiger partial charge in [0.15, 0.2) is 5.78 Å². The van der Waals surface area contributed by atoms with Gasteiger partial charge in [0.1, 0.15) is 13.9 Å². The molecule has 25 heavy (non-hydrogen) atoms. The van der Waals surface area contributed by atoms with Crippen LogP contribution in [-0.4, -0.2) is 28.4 Å². The quantitative estimate of drug-likeness (QED) is 0.539. The van der Waals surface area contributed by atoms with Crippen molar-refractivity contribution in [2.45, 2.75) is 13.8 Å². The van der Waals surface area contributed by atoms with E-state index in [1.165, 1.54) is 6.20 Å². The fraction of sp³-hybridized carbons (Fsp3) is 0.111. The Kier molecular flexibility index (Phi) is 4.43. The van der Waals surface area contributed by atoms with Gasteiger partial charge in [-0.15, -0.1) is 0 Å². The molecule has 0 fully saturated rings. The third kappa shape index (κ3) is 3.06. The maximum atomic E-state index is 12.8. The number of hydrogen-bond acceptors (Lipinski definition) is 4. The molecule has 0 aliphatic heterocycles. The summed E-state index contributed by atoms with van der Waals surface area (Å²) >= 11 is 6.10. The molecule has 0 saturated heterocycles. The lowest BCUT2D eigenvalue weighted by Gasteiger charge is -2.07. The SMILES string of the molecule is [B]c1ccc(C(=O)c2c(C)nn(-c3ccc(C#N)c(Cl)c3)c2C)cn1. The first-order valence-electron chi connectivity index (χ1n) is 7.45. The number of ketones is 1. The average molecular weight is 347 g/mol. The molecule has 0 saturated carbocycles. The van der Waals surface area contributed by atoms with Gasteiger partial charge in [0.25, 0.3) is 0 Å². The number of nitriles is 1. The fourth-order valence-corrected chi connectivity index (χ4v) is 2.85. The van der Waals surface area contributed by atoms with E-state index in [0.29, 0.717) is 44.4 Å². The van der Waals surface area contributed by atoms with E-state index >= 15 is 0 Å². The van der Waals surface area contributed by atoms with Crippen LogP contribution in [0.4, 0.5) is 0 Å². The lowest BCUT2D eigenvalue weighted by molar-refractivity contribution is 0.103. The van der Waals surface area contributed by atoms with Crippen LogP contribution in [0.2, 0.25) is 5.02 Å². The first-order chi connectivity index (χ1) is 11.9. The second kappa shape index (κ2) is 6.54. The molecule has 2 aromatic heterocycles. The summed E-state index contributed by atoms with van der Waals surface area (Å²) in [6, 6.07) is 10.3. The lowest BCUT2D eigenvalue weighted by Crippen LogP contribution is -2.11. The number of halogens is 1. The average Bonchev–Trinajstić information content (AvgIpc) is 2.89. The minimum Gasteiger partial charge on any atom is -0.288 e. The standard InChI is InChI=1S/C18H12BClN4O/c1-10-17(18(25)13-4-6-16(19)22-9-13)11(2)24(23-10)14-5-3-12(8-21)15(20)7-14/h3-7,9H,1-2H3. The number of carbonyl (C=O) groups is 1. The monoisotopic (exact) mass is 346 g/mol. The Morgan fingerprint density at radius 1 is 1.28 bits per heavy atom. The summed E-state index contributed by atoms with van der Waals surface area (Å²) in [7, 11) is 5.57. The summed E-state index contributed by atoms with van der Waals surface area (Å²) in [5.41, 5.74) is 3.65. The zero-order valence-corrected chi connectivity index (χ0v) is 14.4. The minimum absolute atomic E-state index is 0.173. The van der Waals surface area contributed by atoms with E-state index in [4.69, 9.17) is 24.7 Å². The molecule has 1 aromatic carbocycles. The van der Waals surface area contributed by atoms with Crippen molar-refractivity contribution in [3.8, 4) is 11.8 Å². The van der Waals surface area contributed by atoms with Crippen LogP contribution in [0.15, 0.2) is 36.5 Å². The number of nitrogens with zero attached hydrogens (tertiary/aromatic N) is 4. The highest BCUT2D eigenvalue weighted by atomic mass is 35.5. The van der Waals surface area contributed by atoms with E-state index in [-0.39, 0.29) is 5.78 Å². The molecule has 2 radical (unpaired) electrons. The summed E-state index contributed by atoms with van der Waals surface area (Å²) in [6.07, 6.45) is 1.45. The van der Waals surface area contributed by atoms with Crippen molar-refractivity contribution in [2.24, 2.45) is 0 Å². The van der Waals surface area contributed by atoms with E-state index in [0.717, 1.165) is 0 Å². The van der Waals surface area contributed by atoms with Crippen molar-refractivity contribution in [3.05, 3.63) is 69.6 Å². The van der Waals surface area contributed by atoms with Crippen LogP contribution in [0.25, 0.3) is 5.69 Å². The molecule has 0 amide bonds. The van der Waals surface area contributed by atoms with Gasteiger partial charge in [-0.1, -0.05) is 17.7 Å². The summed E-state index contributed by atoms with van der Waals surface area (Å²) in [5, 5.41) is 13.8. The highest BCUT2D eigenvalue weighted by Crippen LogP contribution is 2.24. The zero-order chi connectivity index (χ0) is 18.1. The molecule has 0 spiro atoms. The first kappa shape index (κ1) is 16.9. The maximum absolute atomic E-state index is 12.8. The van der Waals surface area contributed by atoms with Gasteiger partial charge in [0.2, 0.25) is 0 Å². The van der Waals surface area contributed by atoms with Gasteiger partial charge < -0.3 is 0 Å². The molecule has 3 rings (SSSR count). The van der Waals surface area contributed by atoms with E-state index in [9.17, 15) is 4.79 Å². The lowest BCUT2D eigenvalue weighted by atomic mass is 9.99. The van der Waals surface area contributed by atoms with Crippen molar-refractivity contribution in [3.63, 3.8) is 0 Å². The van der Waals surface area contributed by atoms with Crippen LogP contribution in [-0.2, 0) is 0 Å². The Bertz CT molecular complexity index is 1020. The van der Waals surface area contributed by atoms with Gasteiger partial charge in [-0.05, 0) is 43.7 Å². The van der Waals surface area contributed by atoms with Crippen molar-refractivity contribution >= 4 is 30.8 Å². The topological polar surface area (TPSA) is 71.6 Å². The number of rotatable bonds is 3. The smallest absolute Gasteiger partial charge is 0.198 e. The number of pyridine rings is 1. The van der Waals surface area contributed by atoms with Crippen LogP contribution in [0.1, 0.15) is 32.9 Å². The van der Waals surface area contributed by atoms with E-state index in [1.807, 2.05) is 13.0 Å². The largest absolute Gasteiger partial charge is 0.288 e. The zero-order valence-electron chi connectivity index (χ0n) is 13.6. The van der Waals surface area contributed by atoms with Gasteiger partial charge in [-0.2, -0.15) is 10.4 Å². The Morgan fingerprint density at radius 2 is 2.04 bits per heavy atom. The van der Waals surface area contributed by atoms with E-state index in [1.54, 1.807) is 41.9 Å². The highest BCUT2D eigenvalue weighted by Gasteiger charge is 2.21. The number of carbonyl (C=O) groups excluding carboxylic acids is 1. The van der Waals surface area contributed by atoms with Gasteiger partial charge in [-0.25, -0.2) is 4.68 Å². The van der Waals surface area contributed by atoms with Crippen LogP contribution in [0.5, 0.6) is 0 Å². The molecule has 0 unspecified atom stereocenters. The molecule has 5 nitrogen and oxygen atoms in total. The van der Waals surface area contributed by atoms with Crippen LogP contribution in [0.3, 0.4) is 0 Å². The molecule has 0 bridgehead atoms. The van der Waals surface area contributed by atoms with Crippen LogP contribution in [0, 0.1) is 25.2 Å². The molecular weight excluding hydrogens is 334 g/mol. The van der Waals surface area contributed by atoms with Crippen molar-refractivity contribution in [2.75, 3.05) is 0 Å².